The molecule has 4 heteroatoms. The minimum atomic E-state index is 0.567. The van der Waals surface area contributed by atoms with Gasteiger partial charge in [-0.2, -0.15) is 0 Å². The molecule has 4 nitrogen and oxygen atoms in total. The van der Waals surface area contributed by atoms with Crippen molar-refractivity contribution in [3.05, 3.63) is 18.4 Å². The molecule has 1 aromatic rings. The zero-order valence-corrected chi connectivity index (χ0v) is 5.28. The fourth-order valence-electron chi connectivity index (χ4n) is 0.823. The first-order valence-electron chi connectivity index (χ1n) is 3.05. The van der Waals surface area contributed by atoms with Crippen LogP contribution in [0.1, 0.15) is 12.3 Å². The third-order valence-electron chi connectivity index (χ3n) is 1.28. The van der Waals surface area contributed by atoms with Crippen molar-refractivity contribution in [2.45, 2.75) is 6.42 Å². The van der Waals surface area contributed by atoms with Gasteiger partial charge in [0.25, 0.3) is 0 Å². The summed E-state index contributed by atoms with van der Waals surface area (Å²) in [4.78, 5) is 8.69. The van der Waals surface area contributed by atoms with Gasteiger partial charge in [-0.15, -0.1) is 0 Å². The predicted molar refractivity (Wildman–Crippen MR) is 33.6 cm³/mol. The average Bonchev–Trinajstić information content (AvgIpc) is 2.59. The number of nitrogens with zero attached hydrogens (tertiary/aromatic N) is 2. The van der Waals surface area contributed by atoms with Crippen molar-refractivity contribution in [1.82, 2.24) is 4.98 Å². The van der Waals surface area contributed by atoms with Crippen molar-refractivity contribution >= 4 is 5.71 Å². The summed E-state index contributed by atoms with van der Waals surface area (Å²) in [6.07, 6.45) is 3.91. The van der Waals surface area contributed by atoms with Crippen LogP contribution in [-0.2, 0) is 4.84 Å². The Morgan fingerprint density at radius 3 is 3.10 bits per heavy atom. The Morgan fingerprint density at radius 2 is 2.50 bits per heavy atom. The molecule has 0 unspecified atom stereocenters. The van der Waals surface area contributed by atoms with Crippen molar-refractivity contribution in [3.63, 3.8) is 0 Å². The Balaban J connectivity index is 2.28. The van der Waals surface area contributed by atoms with Crippen LogP contribution in [0.2, 0.25) is 0 Å². The summed E-state index contributed by atoms with van der Waals surface area (Å²) in [6.45, 7) is 0.637. The Labute approximate surface area is 57.5 Å². The standard InChI is InChI=1S/C6H6N2O2/c1-3-10-8-5(1)6-7-2-4-9-6/h2,4H,1,3H2. The quantitative estimate of drug-likeness (QED) is 0.576. The lowest BCUT2D eigenvalue weighted by Crippen LogP contribution is -1.96. The van der Waals surface area contributed by atoms with E-state index in [1.165, 1.54) is 6.26 Å². The molecule has 0 fully saturated rings. The predicted octanol–water partition coefficient (Wildman–Crippen LogP) is 0.799. The monoisotopic (exact) mass is 138 g/mol. The Hall–Kier alpha value is -1.32. The van der Waals surface area contributed by atoms with Crippen LogP contribution < -0.4 is 0 Å². The van der Waals surface area contributed by atoms with E-state index in [1.54, 1.807) is 6.20 Å². The van der Waals surface area contributed by atoms with Crippen LogP contribution in [0.15, 0.2) is 22.0 Å². The molecule has 2 heterocycles. The molecule has 1 aromatic heterocycles. The van der Waals surface area contributed by atoms with Gasteiger partial charge < -0.3 is 9.25 Å². The minimum absolute atomic E-state index is 0.567. The summed E-state index contributed by atoms with van der Waals surface area (Å²) >= 11 is 0. The first-order chi connectivity index (χ1) is 4.97. The molecule has 0 spiro atoms. The molecular formula is C6H6N2O2. The maximum atomic E-state index is 5.00. The lowest BCUT2D eigenvalue weighted by molar-refractivity contribution is 0.173. The van der Waals surface area contributed by atoms with E-state index in [2.05, 4.69) is 10.1 Å². The molecule has 0 bridgehead atoms. The molecule has 0 atom stereocenters. The number of oxazole rings is 1. The number of oxime groups is 1. The fraction of sp³-hybridized carbons (Fsp3) is 0.333. The van der Waals surface area contributed by atoms with Gasteiger partial charge in [-0.25, -0.2) is 4.98 Å². The van der Waals surface area contributed by atoms with Gasteiger partial charge in [0.05, 0.1) is 6.20 Å². The maximum Gasteiger partial charge on any atom is 0.244 e. The lowest BCUT2D eigenvalue weighted by Gasteiger charge is -1.84. The molecule has 1 aliphatic heterocycles. The second-order valence-corrected chi connectivity index (χ2v) is 1.96. The molecule has 10 heavy (non-hydrogen) atoms. The highest BCUT2D eigenvalue weighted by molar-refractivity contribution is 5.96. The van der Waals surface area contributed by atoms with Gasteiger partial charge in [0.1, 0.15) is 18.6 Å². The van der Waals surface area contributed by atoms with Crippen molar-refractivity contribution in [2.75, 3.05) is 6.61 Å². The first-order valence-corrected chi connectivity index (χ1v) is 3.05. The van der Waals surface area contributed by atoms with Gasteiger partial charge in [0.15, 0.2) is 0 Å². The third kappa shape index (κ3) is 0.775. The number of rotatable bonds is 1. The smallest absolute Gasteiger partial charge is 0.244 e. The van der Waals surface area contributed by atoms with E-state index in [9.17, 15) is 0 Å². The van der Waals surface area contributed by atoms with E-state index in [1.807, 2.05) is 0 Å². The van der Waals surface area contributed by atoms with Gasteiger partial charge in [-0.3, -0.25) is 0 Å². The number of aromatic nitrogens is 1. The van der Waals surface area contributed by atoms with Gasteiger partial charge in [0.2, 0.25) is 5.89 Å². The molecular weight excluding hydrogens is 132 g/mol. The minimum Gasteiger partial charge on any atom is -0.443 e. The topological polar surface area (TPSA) is 47.6 Å². The Kier molecular flexibility index (Phi) is 1.16. The van der Waals surface area contributed by atoms with Crippen LogP contribution in [0.25, 0.3) is 0 Å². The molecule has 0 amide bonds. The zero-order chi connectivity index (χ0) is 6.81. The Bertz CT molecular complexity index is 240. The van der Waals surface area contributed by atoms with Crippen LogP contribution in [0.5, 0.6) is 0 Å². The molecule has 0 saturated heterocycles. The molecule has 1 aliphatic rings. The number of hydrogen-bond acceptors (Lipinski definition) is 4. The van der Waals surface area contributed by atoms with E-state index in [0.717, 1.165) is 12.1 Å². The summed E-state index contributed by atoms with van der Waals surface area (Å²) < 4.78 is 5.00. The summed E-state index contributed by atoms with van der Waals surface area (Å²) in [5.41, 5.74) is 0.796. The van der Waals surface area contributed by atoms with E-state index in [-0.39, 0.29) is 0 Å². The van der Waals surface area contributed by atoms with Crippen LogP contribution in [0, 0.1) is 0 Å². The van der Waals surface area contributed by atoms with Gasteiger partial charge in [0, 0.05) is 6.42 Å². The van der Waals surface area contributed by atoms with Crippen LogP contribution >= 0.6 is 0 Å². The molecule has 0 aromatic carbocycles. The van der Waals surface area contributed by atoms with Crippen LogP contribution in [0.4, 0.5) is 0 Å². The van der Waals surface area contributed by atoms with Crippen LogP contribution in [0.3, 0.4) is 0 Å². The second-order valence-electron chi connectivity index (χ2n) is 1.96. The zero-order valence-electron chi connectivity index (χ0n) is 5.28. The summed E-state index contributed by atoms with van der Waals surface area (Å²) in [5.74, 6) is 0.567. The highest BCUT2D eigenvalue weighted by Crippen LogP contribution is 2.07. The lowest BCUT2D eigenvalue weighted by atomic mass is 10.3. The summed E-state index contributed by atoms with van der Waals surface area (Å²) in [7, 11) is 0. The van der Waals surface area contributed by atoms with E-state index < -0.39 is 0 Å². The van der Waals surface area contributed by atoms with Gasteiger partial charge in [-0.05, 0) is 0 Å². The van der Waals surface area contributed by atoms with Gasteiger partial charge >= 0.3 is 0 Å². The molecule has 0 N–H and O–H groups in total. The van der Waals surface area contributed by atoms with E-state index >= 15 is 0 Å². The normalized spacial score (nSPS) is 16.6. The largest absolute Gasteiger partial charge is 0.443 e. The number of hydrogen-bond donors (Lipinski definition) is 0. The van der Waals surface area contributed by atoms with Crippen molar-refractivity contribution in [2.24, 2.45) is 5.16 Å². The van der Waals surface area contributed by atoms with Gasteiger partial charge in [-0.1, -0.05) is 5.16 Å². The van der Waals surface area contributed by atoms with Crippen LogP contribution in [-0.4, -0.2) is 17.3 Å². The molecule has 0 radical (unpaired) electrons. The van der Waals surface area contributed by atoms with E-state index in [4.69, 9.17) is 9.25 Å². The fourth-order valence-corrected chi connectivity index (χ4v) is 0.823. The van der Waals surface area contributed by atoms with Crippen molar-refractivity contribution in [3.8, 4) is 0 Å². The highest BCUT2D eigenvalue weighted by atomic mass is 16.6. The van der Waals surface area contributed by atoms with E-state index in [0.29, 0.717) is 12.5 Å². The maximum absolute atomic E-state index is 5.00. The first kappa shape index (κ1) is 5.46. The van der Waals surface area contributed by atoms with Crippen molar-refractivity contribution < 1.29 is 9.25 Å². The summed E-state index contributed by atoms with van der Waals surface area (Å²) in [5, 5.41) is 3.74. The second kappa shape index (κ2) is 2.13. The molecule has 0 aliphatic carbocycles. The Morgan fingerprint density at radius 1 is 1.50 bits per heavy atom. The molecule has 52 valence electrons. The third-order valence-corrected chi connectivity index (χ3v) is 1.28. The van der Waals surface area contributed by atoms with Crippen molar-refractivity contribution in [1.29, 1.82) is 0 Å². The molecule has 0 saturated carbocycles. The SMILES string of the molecule is c1coc(C2=NOCC2)n1. The highest BCUT2D eigenvalue weighted by Gasteiger charge is 2.13. The average molecular weight is 138 g/mol. The molecule has 2 rings (SSSR count). The summed E-state index contributed by atoms with van der Waals surface area (Å²) in [6, 6.07) is 0.